The molecule has 1 aliphatic heterocycles. The third-order valence-corrected chi connectivity index (χ3v) is 4.91. The first-order valence-corrected chi connectivity index (χ1v) is 8.39. The van der Waals surface area contributed by atoms with Gasteiger partial charge in [-0.05, 0) is 30.4 Å². The number of rotatable bonds is 4. The van der Waals surface area contributed by atoms with Crippen molar-refractivity contribution in [2.75, 3.05) is 19.7 Å². The number of hydrogen-bond donors (Lipinski definition) is 2. The van der Waals surface area contributed by atoms with Crippen LogP contribution in [0.15, 0.2) is 24.3 Å². The van der Waals surface area contributed by atoms with Crippen molar-refractivity contribution in [2.24, 2.45) is 0 Å². The van der Waals surface area contributed by atoms with Gasteiger partial charge < -0.3 is 15.2 Å². The molecular weight excluding hydrogens is 262 g/mol. The first-order chi connectivity index (χ1) is 10.3. The molecule has 1 aliphatic carbocycles. The van der Waals surface area contributed by atoms with Crippen molar-refractivity contribution >= 4 is 0 Å². The highest BCUT2D eigenvalue weighted by molar-refractivity contribution is 5.31. The molecule has 1 unspecified atom stereocenters. The fourth-order valence-electron chi connectivity index (χ4n) is 3.65. The Balaban J connectivity index is 1.54. The van der Waals surface area contributed by atoms with E-state index < -0.39 is 5.60 Å². The normalized spacial score (nSPS) is 25.1. The zero-order chi connectivity index (χ0) is 14.5. The van der Waals surface area contributed by atoms with E-state index >= 15 is 0 Å². The summed E-state index contributed by atoms with van der Waals surface area (Å²) in [4.78, 5) is 0. The Kier molecular flexibility index (Phi) is 4.94. The molecule has 0 bridgehead atoms. The average molecular weight is 289 g/mol. The van der Waals surface area contributed by atoms with Gasteiger partial charge in [0, 0.05) is 13.1 Å². The van der Waals surface area contributed by atoms with Gasteiger partial charge in [-0.25, -0.2) is 0 Å². The first kappa shape index (κ1) is 15.0. The summed E-state index contributed by atoms with van der Waals surface area (Å²) in [7, 11) is 0. The summed E-state index contributed by atoms with van der Waals surface area (Å²) in [5, 5.41) is 14.1. The number of aliphatic hydroxyl groups is 1. The van der Waals surface area contributed by atoms with Crippen LogP contribution in [0.1, 0.15) is 55.8 Å². The Morgan fingerprint density at radius 1 is 1.14 bits per heavy atom. The monoisotopic (exact) mass is 289 g/mol. The van der Waals surface area contributed by atoms with E-state index in [0.717, 1.165) is 45.3 Å². The smallest absolute Gasteiger partial charge is 0.0952 e. The van der Waals surface area contributed by atoms with Crippen LogP contribution < -0.4 is 5.32 Å². The van der Waals surface area contributed by atoms with Gasteiger partial charge in [0.1, 0.15) is 0 Å². The van der Waals surface area contributed by atoms with Gasteiger partial charge in [-0.2, -0.15) is 0 Å². The average Bonchev–Trinajstić information content (AvgIpc) is 2.73. The summed E-state index contributed by atoms with van der Waals surface area (Å²) >= 11 is 0. The Morgan fingerprint density at radius 3 is 2.71 bits per heavy atom. The molecule has 0 radical (unpaired) electrons. The van der Waals surface area contributed by atoms with E-state index in [2.05, 4.69) is 29.6 Å². The second-order valence-corrected chi connectivity index (χ2v) is 6.58. The molecule has 3 rings (SSSR count). The molecular formula is C18H27NO2. The van der Waals surface area contributed by atoms with Gasteiger partial charge in [0.2, 0.25) is 0 Å². The summed E-state index contributed by atoms with van der Waals surface area (Å²) in [5.41, 5.74) is 2.21. The van der Waals surface area contributed by atoms with Gasteiger partial charge in [0.25, 0.3) is 0 Å². The van der Waals surface area contributed by atoms with Crippen molar-refractivity contribution < 1.29 is 9.84 Å². The largest absolute Gasteiger partial charge is 0.389 e. The van der Waals surface area contributed by atoms with Crippen LogP contribution in [-0.4, -0.2) is 30.4 Å². The van der Waals surface area contributed by atoms with Gasteiger partial charge in [-0.3, -0.25) is 0 Å². The minimum absolute atomic E-state index is 0.129. The third kappa shape index (κ3) is 3.85. The van der Waals surface area contributed by atoms with Crippen LogP contribution in [0.3, 0.4) is 0 Å². The van der Waals surface area contributed by atoms with Crippen molar-refractivity contribution in [3.05, 3.63) is 35.4 Å². The predicted molar refractivity (Wildman–Crippen MR) is 84.4 cm³/mol. The van der Waals surface area contributed by atoms with Gasteiger partial charge >= 0.3 is 0 Å². The zero-order valence-electron chi connectivity index (χ0n) is 12.8. The topological polar surface area (TPSA) is 41.5 Å². The van der Waals surface area contributed by atoms with Crippen LogP contribution >= 0.6 is 0 Å². The van der Waals surface area contributed by atoms with Gasteiger partial charge in [0.15, 0.2) is 0 Å². The number of hydrogen-bond acceptors (Lipinski definition) is 3. The number of ether oxygens (including phenoxy) is 1. The molecule has 2 N–H and O–H groups in total. The Bertz CT molecular complexity index is 452. The highest BCUT2D eigenvalue weighted by atomic mass is 16.5. The molecule has 0 saturated heterocycles. The highest BCUT2D eigenvalue weighted by Gasteiger charge is 2.28. The second kappa shape index (κ2) is 6.91. The standard InChI is InChI=1S/C18H27NO2/c20-18(10-5-1-2-6-11-18)14-19-13-17-16-8-4-3-7-15(16)9-12-21-17/h3-4,7-8,17,19-20H,1-2,5-6,9-14H2. The van der Waals surface area contributed by atoms with E-state index in [1.54, 1.807) is 0 Å². The first-order valence-electron chi connectivity index (χ1n) is 8.39. The summed E-state index contributed by atoms with van der Waals surface area (Å²) < 4.78 is 5.91. The van der Waals surface area contributed by atoms with E-state index in [9.17, 15) is 5.11 Å². The third-order valence-electron chi connectivity index (χ3n) is 4.91. The van der Waals surface area contributed by atoms with E-state index in [-0.39, 0.29) is 6.10 Å². The fraction of sp³-hybridized carbons (Fsp3) is 0.667. The van der Waals surface area contributed by atoms with E-state index in [4.69, 9.17) is 4.74 Å². The van der Waals surface area contributed by atoms with Crippen molar-refractivity contribution in [2.45, 2.75) is 56.7 Å². The van der Waals surface area contributed by atoms with Gasteiger partial charge in [-0.15, -0.1) is 0 Å². The molecule has 3 heteroatoms. The molecule has 1 heterocycles. The van der Waals surface area contributed by atoms with Crippen LogP contribution in [0.5, 0.6) is 0 Å². The molecule has 21 heavy (non-hydrogen) atoms. The number of fused-ring (bicyclic) bond motifs is 1. The van der Waals surface area contributed by atoms with Crippen LogP contribution in [0.25, 0.3) is 0 Å². The lowest BCUT2D eigenvalue weighted by molar-refractivity contribution is 0.0116. The maximum absolute atomic E-state index is 10.7. The summed E-state index contributed by atoms with van der Waals surface area (Å²) in [6.07, 6.45) is 7.84. The van der Waals surface area contributed by atoms with Crippen LogP contribution in [0.2, 0.25) is 0 Å². The lowest BCUT2D eigenvalue weighted by atomic mass is 9.94. The SMILES string of the molecule is OC1(CNCC2OCCc3ccccc32)CCCCCC1. The minimum atomic E-state index is -0.509. The minimum Gasteiger partial charge on any atom is -0.389 e. The van der Waals surface area contributed by atoms with Gasteiger partial charge in [0.05, 0.1) is 18.3 Å². The van der Waals surface area contributed by atoms with Crippen molar-refractivity contribution in [1.82, 2.24) is 5.32 Å². The molecule has 3 nitrogen and oxygen atoms in total. The lowest BCUT2D eigenvalue weighted by Gasteiger charge is -2.30. The molecule has 116 valence electrons. The number of benzene rings is 1. The Labute approximate surface area is 127 Å². The van der Waals surface area contributed by atoms with E-state index in [1.807, 2.05) is 0 Å². The zero-order valence-corrected chi connectivity index (χ0v) is 12.8. The molecule has 2 aliphatic rings. The molecule has 1 saturated carbocycles. The molecule has 1 aromatic carbocycles. The predicted octanol–water partition coefficient (Wildman–Crippen LogP) is 2.98. The van der Waals surface area contributed by atoms with Crippen molar-refractivity contribution in [3.8, 4) is 0 Å². The van der Waals surface area contributed by atoms with E-state index in [0.29, 0.717) is 6.54 Å². The maximum Gasteiger partial charge on any atom is 0.0952 e. The quantitative estimate of drug-likeness (QED) is 0.837. The van der Waals surface area contributed by atoms with Crippen LogP contribution in [0.4, 0.5) is 0 Å². The van der Waals surface area contributed by atoms with E-state index in [1.165, 1.54) is 24.0 Å². The Morgan fingerprint density at radius 2 is 1.90 bits per heavy atom. The Hall–Kier alpha value is -0.900. The summed E-state index contributed by atoms with van der Waals surface area (Å²) in [6, 6.07) is 8.55. The molecule has 1 aromatic rings. The van der Waals surface area contributed by atoms with Crippen LogP contribution in [-0.2, 0) is 11.2 Å². The molecule has 0 amide bonds. The summed E-state index contributed by atoms with van der Waals surface area (Å²) in [6.45, 7) is 2.28. The maximum atomic E-state index is 10.7. The van der Waals surface area contributed by atoms with Crippen molar-refractivity contribution in [1.29, 1.82) is 0 Å². The lowest BCUT2D eigenvalue weighted by Crippen LogP contribution is -2.42. The summed E-state index contributed by atoms with van der Waals surface area (Å²) in [5.74, 6) is 0. The molecule has 0 spiro atoms. The number of nitrogens with one attached hydrogen (secondary N) is 1. The second-order valence-electron chi connectivity index (χ2n) is 6.58. The van der Waals surface area contributed by atoms with Crippen LogP contribution in [0, 0.1) is 0 Å². The fourth-order valence-corrected chi connectivity index (χ4v) is 3.65. The molecule has 0 aromatic heterocycles. The highest BCUT2D eigenvalue weighted by Crippen LogP contribution is 2.28. The molecule has 1 fully saturated rings. The molecule has 1 atom stereocenters. The van der Waals surface area contributed by atoms with Crippen molar-refractivity contribution in [3.63, 3.8) is 0 Å². The van der Waals surface area contributed by atoms with Gasteiger partial charge in [-0.1, -0.05) is 49.9 Å².